The number of alkyl halides is 3. The maximum Gasteiger partial charge on any atom is 0.573 e. The fourth-order valence-electron chi connectivity index (χ4n) is 3.14. The molecule has 0 saturated carbocycles. The number of phenolic OH excluding ortho intramolecular Hbond substituents is 1. The predicted octanol–water partition coefficient (Wildman–Crippen LogP) is 4.69. The number of aromatic hydroxyl groups is 1. The summed E-state index contributed by atoms with van der Waals surface area (Å²) < 4.78 is 41.7. The lowest BCUT2D eigenvalue weighted by atomic mass is 10.0. The molecule has 160 valence electrons. The second kappa shape index (κ2) is 8.74. The zero-order valence-electron chi connectivity index (χ0n) is 16.6. The van der Waals surface area contributed by atoms with Crippen molar-refractivity contribution in [3.8, 4) is 22.9 Å². The molecule has 0 aliphatic carbocycles. The molecule has 0 bridgehead atoms. The van der Waals surface area contributed by atoms with Crippen molar-refractivity contribution < 1.29 is 23.0 Å². The Morgan fingerprint density at radius 2 is 1.87 bits per heavy atom. The molecule has 1 unspecified atom stereocenters. The quantitative estimate of drug-likeness (QED) is 0.514. The lowest BCUT2D eigenvalue weighted by molar-refractivity contribution is -0.274. The van der Waals surface area contributed by atoms with Gasteiger partial charge in [-0.25, -0.2) is 9.97 Å². The van der Waals surface area contributed by atoms with Gasteiger partial charge >= 0.3 is 6.36 Å². The summed E-state index contributed by atoms with van der Waals surface area (Å²) in [5.41, 5.74) is 6.75. The van der Waals surface area contributed by atoms with Gasteiger partial charge in [-0.2, -0.15) is 0 Å². The minimum Gasteiger partial charge on any atom is -0.507 e. The number of anilines is 1. The summed E-state index contributed by atoms with van der Waals surface area (Å²) in [5.74, 6) is 0.255. The third kappa shape index (κ3) is 5.50. The van der Waals surface area contributed by atoms with Crippen LogP contribution in [-0.2, 0) is 0 Å². The molecule has 1 heterocycles. The Kier molecular flexibility index (Phi) is 6.31. The smallest absolute Gasteiger partial charge is 0.507 e. The molecule has 0 aliphatic heterocycles. The van der Waals surface area contributed by atoms with Crippen LogP contribution in [0.25, 0.3) is 22.3 Å². The van der Waals surface area contributed by atoms with E-state index in [2.05, 4.69) is 33.9 Å². The van der Waals surface area contributed by atoms with E-state index >= 15 is 0 Å². The predicted molar refractivity (Wildman–Crippen MR) is 109 cm³/mol. The number of nitrogens with one attached hydrogen (secondary N) is 1. The molecule has 0 amide bonds. The molecule has 3 rings (SSSR count). The number of halogens is 3. The van der Waals surface area contributed by atoms with E-state index < -0.39 is 12.1 Å². The summed E-state index contributed by atoms with van der Waals surface area (Å²) in [5, 5.41) is 14.2. The van der Waals surface area contributed by atoms with Crippen molar-refractivity contribution in [2.75, 3.05) is 11.9 Å². The first-order valence-electron chi connectivity index (χ1n) is 9.47. The lowest BCUT2D eigenvalue weighted by Gasteiger charge is -2.17. The van der Waals surface area contributed by atoms with E-state index in [0.29, 0.717) is 23.8 Å². The third-order valence-electron chi connectivity index (χ3n) is 4.35. The molecule has 3 aromatic rings. The minimum atomic E-state index is -4.85. The zero-order chi connectivity index (χ0) is 21.9. The van der Waals surface area contributed by atoms with Gasteiger partial charge in [0.25, 0.3) is 0 Å². The number of nitrogens with zero attached hydrogens (tertiary/aromatic N) is 2. The molecule has 0 saturated heterocycles. The molecule has 4 N–H and O–H groups in total. The number of para-hydroxylation sites is 1. The van der Waals surface area contributed by atoms with Crippen molar-refractivity contribution in [1.82, 2.24) is 9.97 Å². The van der Waals surface area contributed by atoms with Crippen LogP contribution in [0.5, 0.6) is 11.5 Å². The monoisotopic (exact) mass is 420 g/mol. The molecule has 1 atom stereocenters. The van der Waals surface area contributed by atoms with Crippen LogP contribution in [0.4, 0.5) is 19.0 Å². The number of nitrogens with two attached hydrogens (primary N) is 1. The number of hydrogen-bond acceptors (Lipinski definition) is 6. The molecule has 30 heavy (non-hydrogen) atoms. The first kappa shape index (κ1) is 21.6. The van der Waals surface area contributed by atoms with Crippen LogP contribution in [0.1, 0.15) is 20.3 Å². The maximum absolute atomic E-state index is 12.6. The van der Waals surface area contributed by atoms with E-state index in [1.807, 2.05) is 12.1 Å². The number of rotatable bonds is 7. The maximum atomic E-state index is 12.6. The van der Waals surface area contributed by atoms with E-state index in [9.17, 15) is 18.3 Å². The van der Waals surface area contributed by atoms with Crippen LogP contribution in [0, 0.1) is 5.92 Å². The Labute approximate surface area is 171 Å². The largest absolute Gasteiger partial charge is 0.573 e. The van der Waals surface area contributed by atoms with Crippen LogP contribution in [0.2, 0.25) is 0 Å². The van der Waals surface area contributed by atoms with E-state index in [1.54, 1.807) is 12.1 Å². The molecule has 6 nitrogen and oxygen atoms in total. The van der Waals surface area contributed by atoms with E-state index in [0.717, 1.165) is 30.0 Å². The molecule has 0 aliphatic rings. The van der Waals surface area contributed by atoms with Crippen LogP contribution in [0.15, 0.2) is 42.5 Å². The van der Waals surface area contributed by atoms with Crippen LogP contribution in [-0.4, -0.2) is 34.0 Å². The molecule has 0 radical (unpaired) electrons. The van der Waals surface area contributed by atoms with Gasteiger partial charge in [-0.15, -0.1) is 13.2 Å². The van der Waals surface area contributed by atoms with Crippen molar-refractivity contribution in [1.29, 1.82) is 0 Å². The van der Waals surface area contributed by atoms with Gasteiger partial charge in [0, 0.05) is 18.0 Å². The topological polar surface area (TPSA) is 93.3 Å². The molecule has 9 heteroatoms. The summed E-state index contributed by atoms with van der Waals surface area (Å²) in [6.07, 6.45) is -4.03. The highest BCUT2D eigenvalue weighted by Gasteiger charge is 2.31. The summed E-state index contributed by atoms with van der Waals surface area (Å²) >= 11 is 0. The van der Waals surface area contributed by atoms with Crippen molar-refractivity contribution in [3.05, 3.63) is 42.5 Å². The standard InChI is InChI=1S/C21H23F3N4O2/c1-12(2)9-13(25)11-26-19-15-5-3-4-6-17(15)27-20(28-19)16-10-14(7-8-18(16)29)30-21(22,23)24/h3-8,10,12-13,29H,9,11,25H2,1-2H3,(H,26,27,28). The normalized spacial score (nSPS) is 12.9. The first-order valence-corrected chi connectivity index (χ1v) is 9.47. The lowest BCUT2D eigenvalue weighted by Crippen LogP contribution is -2.30. The van der Waals surface area contributed by atoms with Gasteiger partial charge in [-0.05, 0) is 42.7 Å². The van der Waals surface area contributed by atoms with E-state index in [1.165, 1.54) is 0 Å². The average Bonchev–Trinajstić information content (AvgIpc) is 2.65. The third-order valence-corrected chi connectivity index (χ3v) is 4.35. The van der Waals surface area contributed by atoms with Gasteiger partial charge in [0.1, 0.15) is 17.3 Å². The number of aromatic nitrogens is 2. The van der Waals surface area contributed by atoms with E-state index in [-0.39, 0.29) is 23.2 Å². The van der Waals surface area contributed by atoms with Crippen molar-refractivity contribution in [2.45, 2.75) is 32.7 Å². The Morgan fingerprint density at radius 3 is 2.57 bits per heavy atom. The average molecular weight is 420 g/mol. The highest BCUT2D eigenvalue weighted by Crippen LogP contribution is 2.34. The van der Waals surface area contributed by atoms with Gasteiger partial charge in [0.15, 0.2) is 5.82 Å². The molecular weight excluding hydrogens is 397 g/mol. The molecule has 0 spiro atoms. The van der Waals surface area contributed by atoms with Gasteiger partial charge < -0.3 is 20.9 Å². The summed E-state index contributed by atoms with van der Waals surface area (Å²) in [4.78, 5) is 8.85. The fraction of sp³-hybridized carbons (Fsp3) is 0.333. The van der Waals surface area contributed by atoms with Gasteiger partial charge in [0.05, 0.1) is 11.1 Å². The Bertz CT molecular complexity index is 1020. The first-order chi connectivity index (χ1) is 14.1. The fourth-order valence-corrected chi connectivity index (χ4v) is 3.14. The second-order valence-electron chi connectivity index (χ2n) is 7.41. The second-order valence-corrected chi connectivity index (χ2v) is 7.41. The number of phenols is 1. The highest BCUT2D eigenvalue weighted by atomic mass is 19.4. The van der Waals surface area contributed by atoms with Crippen molar-refractivity contribution >= 4 is 16.7 Å². The summed E-state index contributed by atoms with van der Waals surface area (Å²) in [7, 11) is 0. The number of ether oxygens (including phenoxy) is 1. The Morgan fingerprint density at radius 1 is 1.13 bits per heavy atom. The number of benzene rings is 2. The summed E-state index contributed by atoms with van der Waals surface area (Å²) in [6.45, 7) is 4.62. The van der Waals surface area contributed by atoms with Crippen LogP contribution < -0.4 is 15.8 Å². The molecular formula is C21H23F3N4O2. The number of fused-ring (bicyclic) bond motifs is 1. The Balaban J connectivity index is 2.00. The SMILES string of the molecule is CC(C)CC(N)CNc1nc(-c2cc(OC(F)(F)F)ccc2O)nc2ccccc12. The zero-order valence-corrected chi connectivity index (χ0v) is 16.6. The van der Waals surface area contributed by atoms with Gasteiger partial charge in [-0.1, -0.05) is 26.0 Å². The van der Waals surface area contributed by atoms with Crippen molar-refractivity contribution in [2.24, 2.45) is 11.7 Å². The molecule has 1 aromatic heterocycles. The Hall–Kier alpha value is -3.07. The highest BCUT2D eigenvalue weighted by molar-refractivity contribution is 5.91. The minimum absolute atomic E-state index is 0.0250. The van der Waals surface area contributed by atoms with E-state index in [4.69, 9.17) is 5.73 Å². The van der Waals surface area contributed by atoms with Crippen LogP contribution in [0.3, 0.4) is 0 Å². The van der Waals surface area contributed by atoms with Crippen molar-refractivity contribution in [3.63, 3.8) is 0 Å². The van der Waals surface area contributed by atoms with Gasteiger partial charge in [0.2, 0.25) is 0 Å². The molecule has 0 fully saturated rings. The molecule has 2 aromatic carbocycles. The van der Waals surface area contributed by atoms with Gasteiger partial charge in [-0.3, -0.25) is 0 Å². The number of hydrogen-bond donors (Lipinski definition) is 3. The van der Waals surface area contributed by atoms with Crippen LogP contribution >= 0.6 is 0 Å². The summed E-state index contributed by atoms with van der Waals surface area (Å²) in [6, 6.07) is 10.3.